The van der Waals surface area contributed by atoms with Crippen molar-refractivity contribution >= 4 is 29.1 Å². The van der Waals surface area contributed by atoms with Gasteiger partial charge in [-0.1, -0.05) is 17.7 Å². The van der Waals surface area contributed by atoms with E-state index in [1.807, 2.05) is 6.07 Å². The van der Waals surface area contributed by atoms with Gasteiger partial charge in [0.15, 0.2) is 0 Å². The molecule has 1 N–H and O–H groups in total. The molecule has 5 nitrogen and oxygen atoms in total. The normalized spacial score (nSPS) is 16.8. The van der Waals surface area contributed by atoms with Crippen molar-refractivity contribution in [3.63, 3.8) is 0 Å². The average Bonchev–Trinajstić information content (AvgIpc) is 3.19. The molecule has 9 heteroatoms. The number of nitrogens with zero attached hydrogens (tertiary/aromatic N) is 4. The van der Waals surface area contributed by atoms with Gasteiger partial charge < -0.3 is 10.2 Å². The molecular weight excluding hydrogens is 403 g/mol. The number of aromatic nitrogens is 3. The second-order valence-electron chi connectivity index (χ2n) is 6.70. The molecule has 1 atom stereocenters. The minimum atomic E-state index is -4.28. The standard InChI is InChI=1S/C20H17ClF3N5/c21-14-3-1-4-15(12-14)27-19-26-9-7-16(28-19)13-6-8-25-18(11-13)29-10-2-5-17(29)20(22,23)24/h1,3-4,6-9,11-12,17H,2,5,10H2,(H,26,27,28). The van der Waals surface area contributed by atoms with E-state index in [-0.39, 0.29) is 6.42 Å². The van der Waals surface area contributed by atoms with E-state index in [1.165, 1.54) is 11.1 Å². The van der Waals surface area contributed by atoms with Crippen LogP contribution in [0.15, 0.2) is 54.9 Å². The van der Waals surface area contributed by atoms with Gasteiger partial charge in [-0.2, -0.15) is 13.2 Å². The summed E-state index contributed by atoms with van der Waals surface area (Å²) in [6, 6.07) is 10.7. The van der Waals surface area contributed by atoms with E-state index in [0.717, 1.165) is 5.69 Å². The zero-order valence-electron chi connectivity index (χ0n) is 15.2. The molecule has 4 rings (SSSR count). The van der Waals surface area contributed by atoms with Gasteiger partial charge >= 0.3 is 6.18 Å². The van der Waals surface area contributed by atoms with Gasteiger partial charge in [0, 0.05) is 35.2 Å². The zero-order valence-corrected chi connectivity index (χ0v) is 16.0. The fraction of sp³-hybridized carbons (Fsp3) is 0.250. The largest absolute Gasteiger partial charge is 0.408 e. The number of halogens is 4. The van der Waals surface area contributed by atoms with Crippen LogP contribution in [0, 0.1) is 0 Å². The van der Waals surface area contributed by atoms with E-state index < -0.39 is 12.2 Å². The third-order valence-electron chi connectivity index (χ3n) is 4.70. The van der Waals surface area contributed by atoms with Crippen molar-refractivity contribution in [2.75, 3.05) is 16.8 Å². The summed E-state index contributed by atoms with van der Waals surface area (Å²) < 4.78 is 39.9. The fourth-order valence-electron chi connectivity index (χ4n) is 3.39. The highest BCUT2D eigenvalue weighted by Crippen LogP contribution is 2.36. The lowest BCUT2D eigenvalue weighted by molar-refractivity contribution is -0.146. The average molecular weight is 420 g/mol. The van der Waals surface area contributed by atoms with Gasteiger partial charge in [0.05, 0.1) is 5.69 Å². The van der Waals surface area contributed by atoms with Gasteiger partial charge in [-0.25, -0.2) is 15.0 Å². The Hall–Kier alpha value is -2.87. The smallest absolute Gasteiger partial charge is 0.345 e. The van der Waals surface area contributed by atoms with Crippen LogP contribution in [0.5, 0.6) is 0 Å². The van der Waals surface area contributed by atoms with Gasteiger partial charge in [0.1, 0.15) is 11.9 Å². The molecule has 1 aliphatic rings. The van der Waals surface area contributed by atoms with Gasteiger partial charge in [0.25, 0.3) is 0 Å². The first-order chi connectivity index (χ1) is 13.9. The molecule has 0 spiro atoms. The van der Waals surface area contributed by atoms with E-state index in [2.05, 4.69) is 20.3 Å². The maximum Gasteiger partial charge on any atom is 0.408 e. The van der Waals surface area contributed by atoms with Crippen LogP contribution < -0.4 is 10.2 Å². The molecule has 0 amide bonds. The predicted molar refractivity (Wildman–Crippen MR) is 106 cm³/mol. The molecule has 1 unspecified atom stereocenters. The number of rotatable bonds is 4. The molecule has 29 heavy (non-hydrogen) atoms. The lowest BCUT2D eigenvalue weighted by Crippen LogP contribution is -2.41. The SMILES string of the molecule is FC(F)(F)C1CCCN1c1cc(-c2ccnc(Nc3cccc(Cl)c3)n2)ccn1. The Labute approximate surface area is 170 Å². The highest BCUT2D eigenvalue weighted by molar-refractivity contribution is 6.30. The summed E-state index contributed by atoms with van der Waals surface area (Å²) in [5, 5.41) is 3.65. The molecule has 1 saturated heterocycles. The van der Waals surface area contributed by atoms with E-state index in [9.17, 15) is 13.2 Å². The Morgan fingerprint density at radius 2 is 1.90 bits per heavy atom. The summed E-state index contributed by atoms with van der Waals surface area (Å²) in [5.41, 5.74) is 1.98. The Morgan fingerprint density at radius 3 is 2.69 bits per heavy atom. The summed E-state index contributed by atoms with van der Waals surface area (Å²) in [7, 11) is 0. The molecule has 0 aliphatic carbocycles. The number of alkyl halides is 3. The second kappa shape index (κ2) is 7.87. The summed E-state index contributed by atoms with van der Waals surface area (Å²) in [4.78, 5) is 14.1. The Balaban J connectivity index is 1.60. The van der Waals surface area contributed by atoms with Crippen LogP contribution in [0.25, 0.3) is 11.3 Å². The molecule has 1 fully saturated rings. The number of pyridine rings is 1. The number of nitrogens with one attached hydrogen (secondary N) is 1. The van der Waals surface area contributed by atoms with E-state index >= 15 is 0 Å². The number of hydrogen-bond donors (Lipinski definition) is 1. The van der Waals surface area contributed by atoms with Crippen LogP contribution >= 0.6 is 11.6 Å². The Bertz CT molecular complexity index is 1010. The van der Waals surface area contributed by atoms with Crippen LogP contribution in [0.2, 0.25) is 5.02 Å². The van der Waals surface area contributed by atoms with Crippen molar-refractivity contribution in [2.45, 2.75) is 25.1 Å². The van der Waals surface area contributed by atoms with E-state index in [4.69, 9.17) is 11.6 Å². The monoisotopic (exact) mass is 419 g/mol. The predicted octanol–water partition coefficient (Wildman–Crippen LogP) is 5.47. The van der Waals surface area contributed by atoms with Crippen LogP contribution in [0.3, 0.4) is 0 Å². The first-order valence-electron chi connectivity index (χ1n) is 9.05. The van der Waals surface area contributed by atoms with Gasteiger partial charge in [-0.3, -0.25) is 0 Å². The van der Waals surface area contributed by atoms with Crippen molar-refractivity contribution < 1.29 is 13.2 Å². The van der Waals surface area contributed by atoms with Crippen molar-refractivity contribution in [3.05, 3.63) is 59.9 Å². The lowest BCUT2D eigenvalue weighted by Gasteiger charge is -2.27. The molecule has 1 aromatic carbocycles. The van der Waals surface area contributed by atoms with Gasteiger partial charge in [-0.15, -0.1) is 0 Å². The minimum absolute atomic E-state index is 0.0800. The third-order valence-corrected chi connectivity index (χ3v) is 4.94. The Kier molecular flexibility index (Phi) is 5.27. The van der Waals surface area contributed by atoms with Crippen molar-refractivity contribution in [2.24, 2.45) is 0 Å². The molecule has 0 saturated carbocycles. The Morgan fingerprint density at radius 1 is 1.07 bits per heavy atom. The summed E-state index contributed by atoms with van der Waals surface area (Å²) >= 11 is 5.99. The summed E-state index contributed by atoms with van der Waals surface area (Å²) in [5.74, 6) is 0.655. The first-order valence-corrected chi connectivity index (χ1v) is 9.43. The number of benzene rings is 1. The fourth-order valence-corrected chi connectivity index (χ4v) is 3.58. The molecule has 0 bridgehead atoms. The van der Waals surface area contributed by atoms with Crippen LogP contribution in [0.4, 0.5) is 30.6 Å². The third kappa shape index (κ3) is 4.42. The minimum Gasteiger partial charge on any atom is -0.345 e. The number of anilines is 3. The van der Waals surface area contributed by atoms with Crippen LogP contribution in [-0.4, -0.2) is 33.7 Å². The topological polar surface area (TPSA) is 53.9 Å². The van der Waals surface area contributed by atoms with Crippen molar-refractivity contribution in [3.8, 4) is 11.3 Å². The highest BCUT2D eigenvalue weighted by Gasteiger charge is 2.46. The van der Waals surface area contributed by atoms with Crippen LogP contribution in [0.1, 0.15) is 12.8 Å². The molecule has 2 aromatic heterocycles. The van der Waals surface area contributed by atoms with Crippen molar-refractivity contribution in [1.82, 2.24) is 15.0 Å². The maximum absolute atomic E-state index is 13.3. The van der Waals surface area contributed by atoms with Gasteiger partial charge in [0.2, 0.25) is 5.95 Å². The lowest BCUT2D eigenvalue weighted by atomic mass is 10.1. The van der Waals surface area contributed by atoms with E-state index in [1.54, 1.807) is 42.6 Å². The zero-order chi connectivity index (χ0) is 20.4. The second-order valence-corrected chi connectivity index (χ2v) is 7.13. The maximum atomic E-state index is 13.3. The quantitative estimate of drug-likeness (QED) is 0.608. The number of hydrogen-bond acceptors (Lipinski definition) is 5. The van der Waals surface area contributed by atoms with Crippen LogP contribution in [-0.2, 0) is 0 Å². The summed E-state index contributed by atoms with van der Waals surface area (Å²) in [6.07, 6.45) is -0.628. The summed E-state index contributed by atoms with van der Waals surface area (Å²) in [6.45, 7) is 0.325. The first kappa shape index (κ1) is 19.4. The molecule has 3 aromatic rings. The molecule has 3 heterocycles. The van der Waals surface area contributed by atoms with E-state index in [0.29, 0.717) is 41.0 Å². The molecule has 150 valence electrons. The molecule has 0 radical (unpaired) electrons. The molecular formula is C20H17ClF3N5. The highest BCUT2D eigenvalue weighted by atomic mass is 35.5. The molecule has 1 aliphatic heterocycles. The van der Waals surface area contributed by atoms with Crippen molar-refractivity contribution in [1.29, 1.82) is 0 Å². The van der Waals surface area contributed by atoms with Gasteiger partial charge in [-0.05, 0) is 49.2 Å².